The summed E-state index contributed by atoms with van der Waals surface area (Å²) in [6.45, 7) is 0.299. The Hall–Kier alpha value is -3.86. The number of esters is 1. The lowest BCUT2D eigenvalue weighted by molar-refractivity contribution is -0.329. The summed E-state index contributed by atoms with van der Waals surface area (Å²) < 4.78 is 40.7. The van der Waals surface area contributed by atoms with Gasteiger partial charge in [-0.05, 0) is 30.5 Å². The summed E-state index contributed by atoms with van der Waals surface area (Å²) in [6.07, 6.45) is -11.1. The fourth-order valence-electron chi connectivity index (χ4n) is 6.37. The molecule has 238 valence electrons. The fraction of sp³-hybridized carbons (Fsp3) is 0.517. The predicted molar refractivity (Wildman–Crippen MR) is 146 cm³/mol. The summed E-state index contributed by atoms with van der Waals surface area (Å²) in [5, 5.41) is 42.5. The summed E-state index contributed by atoms with van der Waals surface area (Å²) >= 11 is 0. The molecule has 0 saturated carbocycles. The minimum atomic E-state index is -2.10. The maximum absolute atomic E-state index is 12.1. The highest BCUT2D eigenvalue weighted by Crippen LogP contribution is 2.57. The van der Waals surface area contributed by atoms with Crippen molar-refractivity contribution in [1.29, 1.82) is 0 Å². The van der Waals surface area contributed by atoms with Gasteiger partial charge in [-0.25, -0.2) is 0 Å². The lowest BCUT2D eigenvalue weighted by atomic mass is 9.81. The highest BCUT2D eigenvalue weighted by molar-refractivity contribution is 5.90. The number of nitrogens with two attached hydrogens (primary N) is 2. The molecule has 0 radical (unpaired) electrons. The summed E-state index contributed by atoms with van der Waals surface area (Å²) in [5.74, 6) is -0.418. The Morgan fingerprint density at radius 3 is 2.55 bits per heavy atom. The first kappa shape index (κ1) is 30.2. The molecule has 44 heavy (non-hydrogen) atoms. The van der Waals surface area contributed by atoms with Crippen molar-refractivity contribution < 1.29 is 63.2 Å². The van der Waals surface area contributed by atoms with Gasteiger partial charge in [0.25, 0.3) is 0 Å². The highest BCUT2D eigenvalue weighted by Gasteiger charge is 2.59. The largest absolute Gasteiger partial charge is 0.493 e. The zero-order valence-electron chi connectivity index (χ0n) is 23.9. The molecular formula is C29H34N2O13. The van der Waals surface area contributed by atoms with Gasteiger partial charge in [0.15, 0.2) is 23.2 Å². The number of carboxylic acid groups (broad SMARTS) is 1. The number of carboxylic acids is 1. The maximum Gasteiger partial charge on any atom is 0.317 e. The van der Waals surface area contributed by atoms with Crippen LogP contribution in [0.1, 0.15) is 41.6 Å². The molecule has 0 bridgehead atoms. The molecular weight excluding hydrogens is 584 g/mol. The van der Waals surface area contributed by atoms with Gasteiger partial charge in [-0.1, -0.05) is 6.07 Å². The van der Waals surface area contributed by atoms with Crippen molar-refractivity contribution in [2.75, 3.05) is 20.8 Å². The van der Waals surface area contributed by atoms with Gasteiger partial charge in [-0.15, -0.1) is 0 Å². The molecule has 6 rings (SSSR count). The van der Waals surface area contributed by atoms with Gasteiger partial charge >= 0.3 is 11.9 Å². The minimum absolute atomic E-state index is 0.0897. The molecule has 2 aromatic carbocycles. The number of aliphatic carboxylic acids is 1. The predicted octanol–water partition coefficient (Wildman–Crippen LogP) is -0.554. The second kappa shape index (κ2) is 11.3. The minimum Gasteiger partial charge on any atom is -0.493 e. The first-order chi connectivity index (χ1) is 21.0. The Balaban J connectivity index is 1.29. The van der Waals surface area contributed by atoms with E-state index in [0.717, 1.165) is 11.1 Å². The molecule has 1 saturated heterocycles. The first-order valence-corrected chi connectivity index (χ1v) is 14.0. The number of methoxy groups -OCH3 is 2. The molecule has 15 heteroatoms. The molecule has 8 unspecified atom stereocenters. The van der Waals surface area contributed by atoms with Crippen molar-refractivity contribution in [1.82, 2.24) is 0 Å². The van der Waals surface area contributed by atoms with E-state index in [9.17, 15) is 24.9 Å². The number of carbonyl (C=O) groups is 2. The Labute approximate surface area is 251 Å². The molecule has 0 amide bonds. The van der Waals surface area contributed by atoms with Crippen LogP contribution in [-0.4, -0.2) is 95.7 Å². The van der Waals surface area contributed by atoms with E-state index in [4.69, 9.17) is 49.7 Å². The lowest BCUT2D eigenvalue weighted by Gasteiger charge is -2.48. The average molecular weight is 619 g/mol. The maximum atomic E-state index is 12.1. The molecule has 15 nitrogen and oxygen atoms in total. The number of aryl methyl sites for hydroxylation is 1. The Bertz CT molecular complexity index is 1470. The monoisotopic (exact) mass is 618 g/mol. The third kappa shape index (κ3) is 4.85. The third-order valence-corrected chi connectivity index (χ3v) is 8.61. The number of hydrogen-bond donors (Lipinski definition) is 6. The molecule has 0 aliphatic carbocycles. The number of fused-ring (bicyclic) bond motifs is 7. The molecule has 4 aliphatic rings. The molecule has 8 N–H and O–H groups in total. The normalized spacial score (nSPS) is 30.5. The quantitative estimate of drug-likeness (QED) is 0.130. The summed E-state index contributed by atoms with van der Waals surface area (Å²) in [6, 6.07) is 7.23. The summed E-state index contributed by atoms with van der Waals surface area (Å²) in [4.78, 5) is 23.0. The summed E-state index contributed by atoms with van der Waals surface area (Å²) in [7, 11) is 3.08. The van der Waals surface area contributed by atoms with Crippen molar-refractivity contribution in [3.63, 3.8) is 0 Å². The smallest absolute Gasteiger partial charge is 0.317 e. The second-order valence-corrected chi connectivity index (χ2v) is 11.3. The molecule has 2 aromatic rings. The number of carbonyl (C=O) groups excluding carboxylic acids is 1. The van der Waals surface area contributed by atoms with E-state index in [1.807, 2.05) is 18.2 Å². The Morgan fingerprint density at radius 2 is 1.86 bits per heavy atom. The average Bonchev–Trinajstić information content (AvgIpc) is 3.30. The number of aliphatic hydroxyl groups excluding tert-OH is 2. The van der Waals surface area contributed by atoms with Gasteiger partial charge in [0, 0.05) is 17.2 Å². The Kier molecular flexibility index (Phi) is 7.72. The number of ether oxygens (including phenoxy) is 7. The van der Waals surface area contributed by atoms with Crippen LogP contribution < -0.4 is 35.2 Å². The SMILES string of the molecule is COc1ccc2c(c1OC)OC1c3cc4c(cc3OCC21)OC1OC(C(OC(=O)CC(=O)O)C(N)N)C(O)C(O)C1(O)CC4. The number of hydrogen-bond acceptors (Lipinski definition) is 14. The number of rotatable bonds is 7. The van der Waals surface area contributed by atoms with E-state index in [0.29, 0.717) is 35.2 Å². The van der Waals surface area contributed by atoms with Crippen molar-refractivity contribution in [3.05, 3.63) is 41.0 Å². The van der Waals surface area contributed by atoms with Crippen LogP contribution in [0.15, 0.2) is 24.3 Å². The van der Waals surface area contributed by atoms with Crippen LogP contribution in [0.2, 0.25) is 0 Å². The summed E-state index contributed by atoms with van der Waals surface area (Å²) in [5.41, 5.74) is 11.8. The van der Waals surface area contributed by atoms with Crippen molar-refractivity contribution in [2.24, 2.45) is 11.5 Å². The third-order valence-electron chi connectivity index (χ3n) is 8.61. The van der Waals surface area contributed by atoms with Crippen LogP contribution in [0.5, 0.6) is 28.7 Å². The van der Waals surface area contributed by atoms with Gasteiger partial charge in [0.1, 0.15) is 42.3 Å². The zero-order chi connectivity index (χ0) is 31.5. The first-order valence-electron chi connectivity index (χ1n) is 14.0. The van der Waals surface area contributed by atoms with Crippen LogP contribution in [-0.2, 0) is 25.5 Å². The van der Waals surface area contributed by atoms with Crippen LogP contribution in [0.3, 0.4) is 0 Å². The van der Waals surface area contributed by atoms with Crippen LogP contribution in [0, 0.1) is 0 Å². The molecule has 8 atom stereocenters. The highest BCUT2D eigenvalue weighted by atomic mass is 16.7. The lowest BCUT2D eigenvalue weighted by Crippen LogP contribution is -2.71. The zero-order valence-corrected chi connectivity index (χ0v) is 23.9. The van der Waals surface area contributed by atoms with E-state index < -0.39 is 66.9 Å². The van der Waals surface area contributed by atoms with E-state index in [2.05, 4.69) is 0 Å². The fourth-order valence-corrected chi connectivity index (χ4v) is 6.37. The van der Waals surface area contributed by atoms with Crippen LogP contribution in [0.25, 0.3) is 0 Å². The molecule has 1 fully saturated rings. The molecule has 0 aromatic heterocycles. The number of benzene rings is 2. The van der Waals surface area contributed by atoms with Crippen molar-refractivity contribution in [2.45, 2.75) is 73.8 Å². The van der Waals surface area contributed by atoms with E-state index >= 15 is 0 Å². The van der Waals surface area contributed by atoms with Crippen LogP contribution in [0.4, 0.5) is 0 Å². The molecule has 0 spiro atoms. The van der Waals surface area contributed by atoms with E-state index in [1.165, 1.54) is 7.11 Å². The second-order valence-electron chi connectivity index (χ2n) is 11.3. The van der Waals surface area contributed by atoms with Crippen molar-refractivity contribution in [3.8, 4) is 28.7 Å². The van der Waals surface area contributed by atoms with Gasteiger partial charge in [-0.2, -0.15) is 0 Å². The van der Waals surface area contributed by atoms with Crippen LogP contribution >= 0.6 is 0 Å². The van der Waals surface area contributed by atoms with Gasteiger partial charge in [0.05, 0.1) is 32.9 Å². The Morgan fingerprint density at radius 1 is 1.09 bits per heavy atom. The van der Waals surface area contributed by atoms with Gasteiger partial charge in [0.2, 0.25) is 12.0 Å². The molecule has 4 heterocycles. The van der Waals surface area contributed by atoms with Crippen molar-refractivity contribution >= 4 is 11.9 Å². The molecule has 4 aliphatic heterocycles. The number of aliphatic hydroxyl groups is 3. The standard InChI is InChI=1S/C29H34N2O13/c1-38-15-4-3-12-14-10-40-17-8-16-11(7-13(17)21(14)43-22(12)23(15)39-2)5-6-29(37)26(36)20(35)24(44-28(29)41-16)25(27(30)31)42-19(34)9-18(32)33/h3-4,7-8,14,20-21,24-28,35-37H,5-6,9-10,30-31H2,1-2H3,(H,32,33). The van der Waals surface area contributed by atoms with Gasteiger partial charge < -0.3 is 65.1 Å². The van der Waals surface area contributed by atoms with E-state index in [-0.39, 0.29) is 24.5 Å². The topological polar surface area (TPSA) is 232 Å². The van der Waals surface area contributed by atoms with Gasteiger partial charge in [-0.3, -0.25) is 9.59 Å². The van der Waals surface area contributed by atoms with E-state index in [1.54, 1.807) is 13.2 Å².